The summed E-state index contributed by atoms with van der Waals surface area (Å²) in [6.45, 7) is 6.53. The molecule has 0 spiro atoms. The van der Waals surface area contributed by atoms with Gasteiger partial charge in [-0.15, -0.1) is 10.2 Å². The highest BCUT2D eigenvalue weighted by molar-refractivity contribution is 7.14. The zero-order valence-corrected chi connectivity index (χ0v) is 11.0. The van der Waals surface area contributed by atoms with Crippen LogP contribution in [0.25, 0.3) is 10.7 Å². The van der Waals surface area contributed by atoms with E-state index in [-0.39, 0.29) is 5.41 Å². The van der Waals surface area contributed by atoms with Crippen molar-refractivity contribution in [1.82, 2.24) is 20.2 Å². The van der Waals surface area contributed by atoms with Crippen molar-refractivity contribution in [2.75, 3.05) is 5.73 Å². The van der Waals surface area contributed by atoms with Gasteiger partial charge in [-0.05, 0) is 5.41 Å². The number of nitrogens with zero attached hydrogens (tertiary/aromatic N) is 4. The molecule has 0 fully saturated rings. The molecule has 90 valence electrons. The minimum absolute atomic E-state index is 0.212. The SMILES string of the molecule is CC(C)(C)Cc1nnc(-c2cnc(N)cn2)s1. The molecule has 0 radical (unpaired) electrons. The van der Waals surface area contributed by atoms with Gasteiger partial charge in [0.15, 0.2) is 5.01 Å². The topological polar surface area (TPSA) is 77.6 Å². The predicted molar refractivity (Wildman–Crippen MR) is 68.5 cm³/mol. The number of aromatic nitrogens is 4. The lowest BCUT2D eigenvalue weighted by Gasteiger charge is -2.14. The lowest BCUT2D eigenvalue weighted by Crippen LogP contribution is -2.08. The van der Waals surface area contributed by atoms with Crippen LogP contribution in [0.3, 0.4) is 0 Å². The highest BCUT2D eigenvalue weighted by Crippen LogP contribution is 2.26. The molecule has 6 heteroatoms. The quantitative estimate of drug-likeness (QED) is 0.882. The first-order valence-electron chi connectivity index (χ1n) is 5.34. The average Bonchev–Trinajstić information content (AvgIpc) is 2.64. The summed E-state index contributed by atoms with van der Waals surface area (Å²) in [5.41, 5.74) is 6.42. The monoisotopic (exact) mass is 249 g/mol. The molecule has 0 unspecified atom stereocenters. The summed E-state index contributed by atoms with van der Waals surface area (Å²) in [5.74, 6) is 0.410. The van der Waals surface area contributed by atoms with Crippen LogP contribution in [0.15, 0.2) is 12.4 Å². The molecule has 0 bridgehead atoms. The van der Waals surface area contributed by atoms with Gasteiger partial charge >= 0.3 is 0 Å². The van der Waals surface area contributed by atoms with Crippen LogP contribution >= 0.6 is 11.3 Å². The molecule has 0 aliphatic rings. The number of nitrogens with two attached hydrogens (primary N) is 1. The van der Waals surface area contributed by atoms with E-state index in [4.69, 9.17) is 5.73 Å². The molecule has 0 saturated carbocycles. The van der Waals surface area contributed by atoms with E-state index in [0.717, 1.165) is 22.1 Å². The van der Waals surface area contributed by atoms with Crippen molar-refractivity contribution in [3.8, 4) is 10.7 Å². The van der Waals surface area contributed by atoms with Gasteiger partial charge in [-0.25, -0.2) is 9.97 Å². The molecule has 0 saturated heterocycles. The summed E-state index contributed by atoms with van der Waals surface area (Å²) >= 11 is 1.55. The predicted octanol–water partition coefficient (Wildman–Crippen LogP) is 2.17. The van der Waals surface area contributed by atoms with Gasteiger partial charge in [0.25, 0.3) is 0 Å². The highest BCUT2D eigenvalue weighted by Gasteiger charge is 2.16. The molecule has 0 aliphatic carbocycles. The number of nitrogen functional groups attached to an aromatic ring is 1. The first-order valence-corrected chi connectivity index (χ1v) is 6.16. The Hall–Kier alpha value is -1.56. The Labute approximate surface area is 104 Å². The summed E-state index contributed by atoms with van der Waals surface area (Å²) in [6.07, 6.45) is 4.06. The van der Waals surface area contributed by atoms with Crippen molar-refractivity contribution in [3.63, 3.8) is 0 Å². The Bertz CT molecular complexity index is 497. The summed E-state index contributed by atoms with van der Waals surface area (Å²) < 4.78 is 0. The molecular weight excluding hydrogens is 234 g/mol. The molecule has 17 heavy (non-hydrogen) atoms. The number of anilines is 1. The Morgan fingerprint density at radius 1 is 1.18 bits per heavy atom. The van der Waals surface area contributed by atoms with E-state index >= 15 is 0 Å². The van der Waals surface area contributed by atoms with Crippen LogP contribution < -0.4 is 5.73 Å². The molecule has 5 nitrogen and oxygen atoms in total. The van der Waals surface area contributed by atoms with Crippen molar-refractivity contribution in [1.29, 1.82) is 0 Å². The van der Waals surface area contributed by atoms with Gasteiger partial charge < -0.3 is 5.73 Å². The third kappa shape index (κ3) is 3.20. The normalized spacial score (nSPS) is 11.7. The van der Waals surface area contributed by atoms with Gasteiger partial charge in [0, 0.05) is 6.42 Å². The average molecular weight is 249 g/mol. The number of hydrogen-bond acceptors (Lipinski definition) is 6. The fraction of sp³-hybridized carbons (Fsp3) is 0.455. The van der Waals surface area contributed by atoms with Gasteiger partial charge in [0.2, 0.25) is 0 Å². The molecule has 0 aromatic carbocycles. The summed E-state index contributed by atoms with van der Waals surface area (Å²) in [5, 5.41) is 10.1. The zero-order chi connectivity index (χ0) is 12.5. The van der Waals surface area contributed by atoms with Gasteiger partial charge in [0.1, 0.15) is 16.5 Å². The summed E-state index contributed by atoms with van der Waals surface area (Å²) in [7, 11) is 0. The Morgan fingerprint density at radius 2 is 1.94 bits per heavy atom. The summed E-state index contributed by atoms with van der Waals surface area (Å²) in [4.78, 5) is 8.17. The summed E-state index contributed by atoms with van der Waals surface area (Å²) in [6, 6.07) is 0. The van der Waals surface area contributed by atoms with E-state index in [2.05, 4.69) is 40.9 Å². The standard InChI is InChI=1S/C11H15N5S/c1-11(2,3)4-9-15-16-10(17-9)7-5-14-8(12)6-13-7/h5-6H,4H2,1-3H3,(H2,12,14). The zero-order valence-electron chi connectivity index (χ0n) is 10.1. The number of rotatable bonds is 2. The van der Waals surface area contributed by atoms with Gasteiger partial charge in [-0.2, -0.15) is 0 Å². The highest BCUT2D eigenvalue weighted by atomic mass is 32.1. The molecule has 2 N–H and O–H groups in total. The largest absolute Gasteiger partial charge is 0.382 e. The Balaban J connectivity index is 2.21. The Kier molecular flexibility index (Phi) is 3.06. The second kappa shape index (κ2) is 4.37. The molecule has 0 atom stereocenters. The fourth-order valence-electron chi connectivity index (χ4n) is 1.33. The Morgan fingerprint density at radius 3 is 2.53 bits per heavy atom. The fourth-order valence-corrected chi connectivity index (χ4v) is 2.43. The first-order chi connectivity index (χ1) is 7.94. The minimum atomic E-state index is 0.212. The lowest BCUT2D eigenvalue weighted by molar-refractivity contribution is 0.409. The van der Waals surface area contributed by atoms with E-state index in [1.54, 1.807) is 17.5 Å². The maximum atomic E-state index is 5.49. The van der Waals surface area contributed by atoms with Crippen LogP contribution in [0.1, 0.15) is 25.8 Å². The van der Waals surface area contributed by atoms with Crippen LogP contribution in [-0.4, -0.2) is 20.2 Å². The maximum absolute atomic E-state index is 5.49. The molecule has 2 aromatic heterocycles. The van der Waals surface area contributed by atoms with Crippen molar-refractivity contribution >= 4 is 17.2 Å². The second-order valence-corrected chi connectivity index (χ2v) is 6.13. The van der Waals surface area contributed by atoms with Gasteiger partial charge in [-0.3, -0.25) is 0 Å². The van der Waals surface area contributed by atoms with Crippen molar-refractivity contribution in [3.05, 3.63) is 17.4 Å². The third-order valence-corrected chi connectivity index (χ3v) is 2.99. The van der Waals surface area contributed by atoms with Crippen LogP contribution in [0.5, 0.6) is 0 Å². The van der Waals surface area contributed by atoms with Crippen LogP contribution in [0.4, 0.5) is 5.82 Å². The molecule has 2 heterocycles. The van der Waals surface area contributed by atoms with Crippen LogP contribution in [0, 0.1) is 5.41 Å². The van der Waals surface area contributed by atoms with Gasteiger partial charge in [0.05, 0.1) is 12.4 Å². The number of hydrogen-bond donors (Lipinski definition) is 1. The molecular formula is C11H15N5S. The third-order valence-electron chi connectivity index (χ3n) is 2.04. The molecule has 0 aliphatic heterocycles. The second-order valence-electron chi connectivity index (χ2n) is 5.06. The van der Waals surface area contributed by atoms with Crippen molar-refractivity contribution in [2.45, 2.75) is 27.2 Å². The van der Waals surface area contributed by atoms with E-state index in [1.807, 2.05) is 0 Å². The molecule has 2 aromatic rings. The molecule has 2 rings (SSSR count). The van der Waals surface area contributed by atoms with Crippen LogP contribution in [-0.2, 0) is 6.42 Å². The maximum Gasteiger partial charge on any atom is 0.167 e. The van der Waals surface area contributed by atoms with Crippen molar-refractivity contribution < 1.29 is 0 Å². The van der Waals surface area contributed by atoms with E-state index in [1.165, 1.54) is 6.20 Å². The minimum Gasteiger partial charge on any atom is -0.382 e. The van der Waals surface area contributed by atoms with E-state index < -0.39 is 0 Å². The van der Waals surface area contributed by atoms with E-state index in [0.29, 0.717) is 5.82 Å². The first kappa shape index (κ1) is 11.9. The van der Waals surface area contributed by atoms with Gasteiger partial charge in [-0.1, -0.05) is 32.1 Å². The smallest absolute Gasteiger partial charge is 0.167 e. The lowest BCUT2D eigenvalue weighted by atomic mass is 9.93. The van der Waals surface area contributed by atoms with Crippen LogP contribution in [0.2, 0.25) is 0 Å². The molecule has 0 amide bonds. The van der Waals surface area contributed by atoms with Crippen molar-refractivity contribution in [2.24, 2.45) is 5.41 Å². The van der Waals surface area contributed by atoms with E-state index in [9.17, 15) is 0 Å².